The molecule has 3 heteroatoms. The topological polar surface area (TPSA) is 17.3 Å². The Labute approximate surface area is 143 Å². The van der Waals surface area contributed by atoms with E-state index in [1.807, 2.05) is 41.0 Å². The van der Waals surface area contributed by atoms with Gasteiger partial charge in [0.25, 0.3) is 0 Å². The van der Waals surface area contributed by atoms with Crippen molar-refractivity contribution >= 4 is 38.8 Å². The van der Waals surface area contributed by atoms with E-state index < -0.39 is 0 Å². The quantitative estimate of drug-likeness (QED) is 0.371. The zero-order valence-corrected chi connectivity index (χ0v) is 13.5. The summed E-state index contributed by atoms with van der Waals surface area (Å²) >= 11 is 6.54. The smallest absolute Gasteiger partial charge is 0.0817 e. The van der Waals surface area contributed by atoms with Crippen LogP contribution in [0.2, 0.25) is 5.02 Å². The van der Waals surface area contributed by atoms with Crippen molar-refractivity contribution in [1.29, 1.82) is 0 Å². The predicted octanol–water partition coefficient (Wildman–Crippen LogP) is 5.96. The number of hydrogen-bond acceptors (Lipinski definition) is 1. The molecule has 0 bridgehead atoms. The van der Waals surface area contributed by atoms with E-state index in [1.54, 1.807) is 0 Å². The van der Waals surface area contributed by atoms with E-state index in [0.29, 0.717) is 0 Å². The first kappa shape index (κ1) is 13.6. The molecule has 0 unspecified atom stereocenters. The zero-order valence-electron chi connectivity index (χ0n) is 12.8. The standard InChI is InChI=1S/C21H13ClN2/c22-18-11-5-3-9-16(18)20-17-10-4-6-12-19(17)24-21(20)15-8-2-1-7-14(15)13-23-24/h1-13H. The number of halogens is 1. The van der Waals surface area contributed by atoms with E-state index >= 15 is 0 Å². The highest BCUT2D eigenvalue weighted by Crippen LogP contribution is 2.40. The van der Waals surface area contributed by atoms with Crippen molar-refractivity contribution in [3.05, 3.63) is 84.0 Å². The summed E-state index contributed by atoms with van der Waals surface area (Å²) in [5.41, 5.74) is 4.37. The van der Waals surface area contributed by atoms with Gasteiger partial charge in [-0.15, -0.1) is 0 Å². The lowest BCUT2D eigenvalue weighted by atomic mass is 10.0. The fourth-order valence-electron chi connectivity index (χ4n) is 3.47. The average Bonchev–Trinajstić information content (AvgIpc) is 2.97. The number of hydrogen-bond donors (Lipinski definition) is 0. The highest BCUT2D eigenvalue weighted by atomic mass is 35.5. The number of benzene rings is 3. The van der Waals surface area contributed by atoms with E-state index in [1.165, 1.54) is 5.39 Å². The minimum absolute atomic E-state index is 0.753. The molecule has 5 aromatic rings. The minimum Gasteiger partial charge on any atom is -0.232 e. The maximum atomic E-state index is 6.54. The molecule has 3 aromatic carbocycles. The van der Waals surface area contributed by atoms with Gasteiger partial charge < -0.3 is 0 Å². The SMILES string of the molecule is Clc1ccccc1-c1c2ccccc2n2ncc3ccccc3c12. The molecular formula is C21H13ClN2. The van der Waals surface area contributed by atoms with Crippen LogP contribution in [0.5, 0.6) is 0 Å². The Morgan fingerprint density at radius 2 is 1.46 bits per heavy atom. The van der Waals surface area contributed by atoms with Crippen LogP contribution >= 0.6 is 11.6 Å². The fourth-order valence-corrected chi connectivity index (χ4v) is 3.70. The van der Waals surface area contributed by atoms with Crippen LogP contribution in [0, 0.1) is 0 Å². The summed E-state index contributed by atoms with van der Waals surface area (Å²) in [7, 11) is 0. The molecule has 0 atom stereocenters. The number of para-hydroxylation sites is 1. The molecule has 0 spiro atoms. The van der Waals surface area contributed by atoms with Crippen LogP contribution in [0.25, 0.3) is 38.3 Å². The first-order valence-electron chi connectivity index (χ1n) is 7.87. The number of rotatable bonds is 1. The van der Waals surface area contributed by atoms with Gasteiger partial charge >= 0.3 is 0 Å². The van der Waals surface area contributed by atoms with E-state index in [9.17, 15) is 0 Å². The van der Waals surface area contributed by atoms with Gasteiger partial charge in [0.05, 0.1) is 17.2 Å². The second-order valence-electron chi connectivity index (χ2n) is 5.86. The molecule has 24 heavy (non-hydrogen) atoms. The Bertz CT molecular complexity index is 1220. The number of aromatic nitrogens is 2. The number of nitrogens with zero attached hydrogens (tertiary/aromatic N) is 2. The van der Waals surface area contributed by atoms with Gasteiger partial charge in [0.1, 0.15) is 0 Å². The van der Waals surface area contributed by atoms with Crippen LogP contribution in [0.4, 0.5) is 0 Å². The molecular weight excluding hydrogens is 316 g/mol. The first-order valence-corrected chi connectivity index (χ1v) is 8.24. The highest BCUT2D eigenvalue weighted by molar-refractivity contribution is 6.34. The van der Waals surface area contributed by atoms with E-state index in [0.717, 1.165) is 38.0 Å². The van der Waals surface area contributed by atoms with Crippen LogP contribution in [0.3, 0.4) is 0 Å². The van der Waals surface area contributed by atoms with Gasteiger partial charge in [0, 0.05) is 32.3 Å². The molecule has 0 N–H and O–H groups in total. The number of fused-ring (bicyclic) bond motifs is 5. The van der Waals surface area contributed by atoms with Gasteiger partial charge in [-0.25, -0.2) is 4.52 Å². The molecule has 114 valence electrons. The van der Waals surface area contributed by atoms with E-state index in [-0.39, 0.29) is 0 Å². The average molecular weight is 329 g/mol. The molecule has 0 aliphatic rings. The largest absolute Gasteiger partial charge is 0.232 e. The Kier molecular flexibility index (Phi) is 2.88. The molecule has 0 amide bonds. The molecule has 0 radical (unpaired) electrons. The van der Waals surface area contributed by atoms with Crippen molar-refractivity contribution in [1.82, 2.24) is 9.61 Å². The summed E-state index contributed by atoms with van der Waals surface area (Å²) in [4.78, 5) is 0. The van der Waals surface area contributed by atoms with Crippen LogP contribution in [-0.4, -0.2) is 9.61 Å². The monoisotopic (exact) mass is 328 g/mol. The van der Waals surface area contributed by atoms with Gasteiger partial charge in [-0.1, -0.05) is 72.3 Å². The summed E-state index contributed by atoms with van der Waals surface area (Å²) in [6.07, 6.45) is 1.92. The molecule has 2 nitrogen and oxygen atoms in total. The fraction of sp³-hybridized carbons (Fsp3) is 0. The summed E-state index contributed by atoms with van der Waals surface area (Å²) < 4.78 is 2.02. The van der Waals surface area contributed by atoms with Crippen molar-refractivity contribution in [2.75, 3.05) is 0 Å². The predicted molar refractivity (Wildman–Crippen MR) is 101 cm³/mol. The third kappa shape index (κ3) is 1.81. The van der Waals surface area contributed by atoms with Gasteiger partial charge in [-0.3, -0.25) is 0 Å². The van der Waals surface area contributed by atoms with E-state index in [2.05, 4.69) is 47.6 Å². The van der Waals surface area contributed by atoms with Crippen molar-refractivity contribution in [2.24, 2.45) is 0 Å². The maximum absolute atomic E-state index is 6.54. The lowest BCUT2D eigenvalue weighted by molar-refractivity contribution is 0.988. The molecule has 0 saturated carbocycles. The Hall–Kier alpha value is -2.84. The summed E-state index contributed by atoms with van der Waals surface area (Å²) in [5.74, 6) is 0. The molecule has 5 rings (SSSR count). The van der Waals surface area contributed by atoms with Crippen molar-refractivity contribution in [3.63, 3.8) is 0 Å². The van der Waals surface area contributed by atoms with Gasteiger partial charge in [0.2, 0.25) is 0 Å². The second kappa shape index (κ2) is 5.08. The van der Waals surface area contributed by atoms with Gasteiger partial charge in [-0.05, 0) is 12.1 Å². The third-order valence-electron chi connectivity index (χ3n) is 4.52. The molecule has 0 saturated heterocycles. The molecule has 0 aliphatic carbocycles. The molecule has 2 aromatic heterocycles. The van der Waals surface area contributed by atoms with E-state index in [4.69, 9.17) is 11.6 Å². The molecule has 0 fully saturated rings. The lowest BCUT2D eigenvalue weighted by Crippen LogP contribution is -1.91. The normalized spacial score (nSPS) is 11.5. The molecule has 0 aliphatic heterocycles. The highest BCUT2D eigenvalue weighted by Gasteiger charge is 2.18. The van der Waals surface area contributed by atoms with Crippen LogP contribution in [0.1, 0.15) is 0 Å². The summed E-state index contributed by atoms with van der Waals surface area (Å²) in [5, 5.41) is 8.91. The summed E-state index contributed by atoms with van der Waals surface area (Å²) in [6, 6.07) is 24.7. The maximum Gasteiger partial charge on any atom is 0.0817 e. The Balaban J connectivity index is 2.10. The van der Waals surface area contributed by atoms with Gasteiger partial charge in [0.15, 0.2) is 0 Å². The van der Waals surface area contributed by atoms with Crippen LogP contribution in [-0.2, 0) is 0 Å². The van der Waals surface area contributed by atoms with Crippen molar-refractivity contribution in [2.45, 2.75) is 0 Å². The first-order chi connectivity index (χ1) is 11.8. The molecule has 2 heterocycles. The Morgan fingerprint density at radius 1 is 0.750 bits per heavy atom. The van der Waals surface area contributed by atoms with Crippen molar-refractivity contribution in [3.8, 4) is 11.1 Å². The second-order valence-corrected chi connectivity index (χ2v) is 6.27. The summed E-state index contributed by atoms with van der Waals surface area (Å²) in [6.45, 7) is 0. The van der Waals surface area contributed by atoms with Crippen molar-refractivity contribution < 1.29 is 0 Å². The van der Waals surface area contributed by atoms with Crippen LogP contribution < -0.4 is 0 Å². The van der Waals surface area contributed by atoms with Crippen LogP contribution in [0.15, 0.2) is 79.0 Å². The minimum atomic E-state index is 0.753. The Morgan fingerprint density at radius 3 is 2.33 bits per heavy atom. The zero-order chi connectivity index (χ0) is 16.1. The third-order valence-corrected chi connectivity index (χ3v) is 4.85. The lowest BCUT2D eigenvalue weighted by Gasteiger charge is -2.06. The van der Waals surface area contributed by atoms with Gasteiger partial charge in [-0.2, -0.15) is 5.10 Å².